The lowest BCUT2D eigenvalue weighted by molar-refractivity contribution is -0.125. The molecule has 6 N–H and O–H groups in total. The van der Waals surface area contributed by atoms with Crippen molar-refractivity contribution in [2.45, 2.75) is 31.7 Å². The molecule has 4 aromatic rings. The van der Waals surface area contributed by atoms with Gasteiger partial charge in [0.25, 0.3) is 0 Å². The summed E-state index contributed by atoms with van der Waals surface area (Å²) in [7, 11) is 0. The molecule has 192 valence electrons. The Morgan fingerprint density at radius 1 is 0.973 bits per heavy atom. The summed E-state index contributed by atoms with van der Waals surface area (Å²) in [4.78, 5) is 35.6. The van der Waals surface area contributed by atoms with Crippen LogP contribution in [0.3, 0.4) is 0 Å². The molecular weight excluding hydrogens is 488 g/mol. The molecule has 0 bridgehead atoms. The zero-order chi connectivity index (χ0) is 26.2. The Bertz CT molecular complexity index is 1420. The lowest BCUT2D eigenvalue weighted by atomic mass is 10.1. The second kappa shape index (κ2) is 12.3. The second-order valence-electron chi connectivity index (χ2n) is 8.80. The average molecular weight is 519 g/mol. The van der Waals surface area contributed by atoms with Crippen LogP contribution in [0.15, 0.2) is 66.0 Å². The van der Waals surface area contributed by atoms with E-state index in [1.165, 1.54) is 4.70 Å². The predicted octanol–water partition coefficient (Wildman–Crippen LogP) is 3.71. The van der Waals surface area contributed by atoms with E-state index in [0.717, 1.165) is 21.7 Å². The largest absolute Gasteiger partial charge is 0.491 e. The molecule has 1 aromatic heterocycles. The molecule has 0 saturated heterocycles. The van der Waals surface area contributed by atoms with Gasteiger partial charge in [-0.25, -0.2) is 0 Å². The van der Waals surface area contributed by atoms with E-state index in [2.05, 4.69) is 28.1 Å². The summed E-state index contributed by atoms with van der Waals surface area (Å²) in [6.07, 6.45) is 1.48. The molecule has 0 spiro atoms. The number of carbonyl (C=O) groups is 3. The number of ether oxygens (including phenoxy) is 1. The number of benzene rings is 3. The van der Waals surface area contributed by atoms with Crippen molar-refractivity contribution in [1.82, 2.24) is 5.32 Å². The summed E-state index contributed by atoms with van der Waals surface area (Å²) in [5.41, 5.74) is 12.8. The summed E-state index contributed by atoms with van der Waals surface area (Å²) >= 11 is 1.65. The third-order valence-corrected chi connectivity index (χ3v) is 6.93. The Kier molecular flexibility index (Phi) is 8.71. The molecule has 0 aliphatic heterocycles. The number of hydrogen-bond donors (Lipinski definition) is 4. The number of primary amides is 1. The molecule has 0 aliphatic carbocycles. The van der Waals surface area contributed by atoms with E-state index in [1.54, 1.807) is 11.3 Å². The number of rotatable bonds is 12. The van der Waals surface area contributed by atoms with E-state index < -0.39 is 24.3 Å². The molecule has 0 unspecified atom stereocenters. The number of thiophene rings is 1. The highest BCUT2D eigenvalue weighted by molar-refractivity contribution is 7.17. The highest BCUT2D eigenvalue weighted by Gasteiger charge is 2.16. The number of anilines is 1. The first-order chi connectivity index (χ1) is 17.9. The number of hydrogen-bond acceptors (Lipinski definition) is 6. The molecule has 0 radical (unpaired) electrons. The van der Waals surface area contributed by atoms with Crippen molar-refractivity contribution in [3.63, 3.8) is 0 Å². The lowest BCUT2D eigenvalue weighted by Crippen LogP contribution is -2.42. The van der Waals surface area contributed by atoms with Gasteiger partial charge in [-0.3, -0.25) is 14.4 Å². The van der Waals surface area contributed by atoms with Gasteiger partial charge in [-0.2, -0.15) is 0 Å². The Balaban J connectivity index is 1.25. The number of carbonyl (C=O) groups excluding carboxylic acids is 3. The van der Waals surface area contributed by atoms with Crippen LogP contribution in [0.2, 0.25) is 0 Å². The fraction of sp³-hybridized carbons (Fsp3) is 0.250. The van der Waals surface area contributed by atoms with Crippen LogP contribution < -0.4 is 26.8 Å². The molecule has 37 heavy (non-hydrogen) atoms. The van der Waals surface area contributed by atoms with Crippen LogP contribution in [0.4, 0.5) is 5.69 Å². The molecule has 0 saturated carbocycles. The van der Waals surface area contributed by atoms with Gasteiger partial charge in [0.05, 0.1) is 18.3 Å². The number of nitrogens with two attached hydrogens (primary N) is 2. The molecule has 4 rings (SSSR count). The van der Waals surface area contributed by atoms with Gasteiger partial charge in [-0.15, -0.1) is 11.3 Å². The molecule has 0 fully saturated rings. The van der Waals surface area contributed by atoms with E-state index in [0.29, 0.717) is 43.9 Å². The fourth-order valence-electron chi connectivity index (χ4n) is 4.06. The summed E-state index contributed by atoms with van der Waals surface area (Å²) in [6, 6.07) is 18.9. The molecular formula is C28H30N4O4S. The SMILES string of the molecule is NC(=O)CC(=O)Nc1cc2ccccc2cc1OCCCCNC(=O)[C@@H](N)Cc1csc2ccccc12. The Hall–Kier alpha value is -3.95. The summed E-state index contributed by atoms with van der Waals surface area (Å²) in [5, 5.41) is 10.7. The monoisotopic (exact) mass is 518 g/mol. The van der Waals surface area contributed by atoms with Gasteiger partial charge >= 0.3 is 0 Å². The van der Waals surface area contributed by atoms with E-state index >= 15 is 0 Å². The second-order valence-corrected chi connectivity index (χ2v) is 9.71. The first-order valence-electron chi connectivity index (χ1n) is 12.1. The molecule has 3 amide bonds. The van der Waals surface area contributed by atoms with Crippen molar-refractivity contribution < 1.29 is 19.1 Å². The van der Waals surface area contributed by atoms with Gasteiger partial charge in [0.15, 0.2) is 0 Å². The van der Waals surface area contributed by atoms with E-state index in [-0.39, 0.29) is 5.91 Å². The molecule has 0 aliphatic rings. The average Bonchev–Trinajstić information content (AvgIpc) is 3.28. The quantitative estimate of drug-likeness (QED) is 0.167. The van der Waals surface area contributed by atoms with Crippen molar-refractivity contribution in [3.8, 4) is 5.75 Å². The standard InChI is InChI=1S/C28H30N4O4S/c29-22(13-20-17-37-25-10-4-3-9-21(20)25)28(35)31-11-5-6-12-36-24-15-19-8-2-1-7-18(19)14-23(24)32-27(34)16-26(30)33/h1-4,7-10,14-15,17,22H,5-6,11-13,16,29H2,(H2,30,33)(H,31,35)(H,32,34)/t22-/m0/s1. The fourth-order valence-corrected chi connectivity index (χ4v) is 5.04. The lowest BCUT2D eigenvalue weighted by Gasteiger charge is -2.15. The van der Waals surface area contributed by atoms with Gasteiger partial charge in [-0.1, -0.05) is 42.5 Å². The zero-order valence-electron chi connectivity index (χ0n) is 20.4. The topological polar surface area (TPSA) is 137 Å². The van der Waals surface area contributed by atoms with E-state index in [4.69, 9.17) is 16.2 Å². The number of amides is 3. The van der Waals surface area contributed by atoms with Crippen LogP contribution in [0.1, 0.15) is 24.8 Å². The van der Waals surface area contributed by atoms with Crippen LogP contribution in [-0.2, 0) is 20.8 Å². The summed E-state index contributed by atoms with van der Waals surface area (Å²) in [6.45, 7) is 0.875. The van der Waals surface area contributed by atoms with Crippen LogP contribution >= 0.6 is 11.3 Å². The van der Waals surface area contributed by atoms with Crippen molar-refractivity contribution >= 4 is 55.6 Å². The molecule has 1 heterocycles. The van der Waals surface area contributed by atoms with Gasteiger partial charge in [0.2, 0.25) is 17.7 Å². The Morgan fingerprint density at radius 3 is 2.49 bits per heavy atom. The minimum atomic E-state index is -0.703. The smallest absolute Gasteiger partial charge is 0.237 e. The highest BCUT2D eigenvalue weighted by atomic mass is 32.1. The zero-order valence-corrected chi connectivity index (χ0v) is 21.2. The van der Waals surface area contributed by atoms with Gasteiger partial charge < -0.3 is 26.8 Å². The first-order valence-corrected chi connectivity index (χ1v) is 13.0. The van der Waals surface area contributed by atoms with E-state index in [9.17, 15) is 14.4 Å². The van der Waals surface area contributed by atoms with Gasteiger partial charge in [-0.05, 0) is 64.6 Å². The van der Waals surface area contributed by atoms with Crippen molar-refractivity contribution in [2.24, 2.45) is 11.5 Å². The number of nitrogens with one attached hydrogen (secondary N) is 2. The van der Waals surface area contributed by atoms with Crippen molar-refractivity contribution in [3.05, 3.63) is 71.6 Å². The van der Waals surface area contributed by atoms with Crippen molar-refractivity contribution in [1.29, 1.82) is 0 Å². The van der Waals surface area contributed by atoms with Gasteiger partial charge in [0, 0.05) is 11.2 Å². The Morgan fingerprint density at radius 2 is 1.70 bits per heavy atom. The summed E-state index contributed by atoms with van der Waals surface area (Å²) in [5.74, 6) is -0.871. The maximum absolute atomic E-state index is 12.5. The van der Waals surface area contributed by atoms with Crippen LogP contribution in [-0.4, -0.2) is 36.9 Å². The molecule has 8 nitrogen and oxygen atoms in total. The minimum absolute atomic E-state index is 0.176. The maximum Gasteiger partial charge on any atom is 0.237 e. The third-order valence-electron chi connectivity index (χ3n) is 5.92. The molecule has 9 heteroatoms. The first kappa shape index (κ1) is 26.1. The molecule has 1 atom stereocenters. The third kappa shape index (κ3) is 7.05. The predicted molar refractivity (Wildman–Crippen MR) is 148 cm³/mol. The minimum Gasteiger partial charge on any atom is -0.491 e. The number of fused-ring (bicyclic) bond motifs is 2. The maximum atomic E-state index is 12.5. The summed E-state index contributed by atoms with van der Waals surface area (Å²) < 4.78 is 7.14. The van der Waals surface area contributed by atoms with Crippen LogP contribution in [0, 0.1) is 0 Å². The van der Waals surface area contributed by atoms with E-state index in [1.807, 2.05) is 48.5 Å². The van der Waals surface area contributed by atoms with Gasteiger partial charge in [0.1, 0.15) is 12.2 Å². The highest BCUT2D eigenvalue weighted by Crippen LogP contribution is 2.31. The van der Waals surface area contributed by atoms with Crippen LogP contribution in [0.25, 0.3) is 20.9 Å². The Labute approximate surface area is 219 Å². The normalized spacial score (nSPS) is 11.8. The van der Waals surface area contributed by atoms with Crippen molar-refractivity contribution in [2.75, 3.05) is 18.5 Å². The molecule has 3 aromatic carbocycles. The van der Waals surface area contributed by atoms with Crippen LogP contribution in [0.5, 0.6) is 5.75 Å². The number of unbranched alkanes of at least 4 members (excludes halogenated alkanes) is 1.